The molecular weight excluding hydrogens is 200 g/mol. The monoisotopic (exact) mass is 228 g/mol. The van der Waals surface area contributed by atoms with E-state index >= 15 is 0 Å². The van der Waals surface area contributed by atoms with Crippen molar-refractivity contribution < 1.29 is 4.74 Å². The molecule has 1 aliphatic rings. The van der Waals surface area contributed by atoms with Gasteiger partial charge in [-0.2, -0.15) is 0 Å². The number of rotatable bonds is 6. The van der Waals surface area contributed by atoms with E-state index in [0.717, 1.165) is 26.3 Å². The topological polar surface area (TPSA) is 38.5 Å². The maximum absolute atomic E-state index is 6.01. The summed E-state index contributed by atoms with van der Waals surface area (Å²) in [5.74, 6) is 0. The number of nitrogens with zero attached hydrogens (tertiary/aromatic N) is 1. The predicted molar refractivity (Wildman–Crippen MR) is 68.5 cm³/mol. The van der Waals surface area contributed by atoms with E-state index in [1.807, 2.05) is 6.92 Å². The van der Waals surface area contributed by atoms with E-state index in [1.54, 1.807) is 0 Å². The molecule has 96 valence electrons. The molecule has 0 radical (unpaired) electrons. The second kappa shape index (κ2) is 5.48. The van der Waals surface area contributed by atoms with Crippen LogP contribution in [0.3, 0.4) is 0 Å². The van der Waals surface area contributed by atoms with Gasteiger partial charge in [-0.05, 0) is 38.6 Å². The highest BCUT2D eigenvalue weighted by Gasteiger charge is 2.44. The molecule has 0 aromatic carbocycles. The molecule has 1 aliphatic carbocycles. The van der Waals surface area contributed by atoms with Gasteiger partial charge in [-0.3, -0.25) is 4.90 Å². The van der Waals surface area contributed by atoms with Crippen molar-refractivity contribution in [3.8, 4) is 0 Å². The highest BCUT2D eigenvalue weighted by Crippen LogP contribution is 2.45. The second-order valence-electron chi connectivity index (χ2n) is 5.89. The van der Waals surface area contributed by atoms with Gasteiger partial charge in [0.1, 0.15) is 0 Å². The van der Waals surface area contributed by atoms with Crippen molar-refractivity contribution >= 4 is 0 Å². The molecule has 0 aromatic heterocycles. The van der Waals surface area contributed by atoms with Gasteiger partial charge in [-0.1, -0.05) is 13.8 Å². The minimum Gasteiger partial charge on any atom is -0.380 e. The number of hydrogen-bond donors (Lipinski definition) is 1. The molecule has 1 unspecified atom stereocenters. The molecule has 2 N–H and O–H groups in total. The predicted octanol–water partition coefficient (Wildman–Crippen LogP) is 1.86. The van der Waals surface area contributed by atoms with Crippen LogP contribution < -0.4 is 5.73 Å². The maximum Gasteiger partial charge on any atom is 0.0593 e. The van der Waals surface area contributed by atoms with Crippen LogP contribution in [0.15, 0.2) is 0 Å². The van der Waals surface area contributed by atoms with Crippen LogP contribution in [-0.4, -0.2) is 43.8 Å². The Morgan fingerprint density at radius 2 is 2.00 bits per heavy atom. The first-order valence-corrected chi connectivity index (χ1v) is 6.45. The van der Waals surface area contributed by atoms with Crippen molar-refractivity contribution in [2.45, 2.75) is 45.6 Å². The molecule has 0 amide bonds. The first-order valence-electron chi connectivity index (χ1n) is 6.45. The summed E-state index contributed by atoms with van der Waals surface area (Å²) in [5, 5.41) is 0. The van der Waals surface area contributed by atoms with Crippen LogP contribution in [0.4, 0.5) is 0 Å². The Bertz CT molecular complexity index is 218. The highest BCUT2D eigenvalue weighted by atomic mass is 16.5. The summed E-state index contributed by atoms with van der Waals surface area (Å²) in [6.07, 6.45) is 3.71. The summed E-state index contributed by atoms with van der Waals surface area (Å²) in [6.45, 7) is 10.1. The molecule has 0 heterocycles. The van der Waals surface area contributed by atoms with Gasteiger partial charge in [0.05, 0.1) is 6.61 Å². The molecule has 0 spiro atoms. The van der Waals surface area contributed by atoms with Gasteiger partial charge in [0.2, 0.25) is 0 Å². The number of likely N-dealkylation sites (N-methyl/N-ethyl adjacent to an activating group) is 1. The molecule has 0 aliphatic heterocycles. The first-order chi connectivity index (χ1) is 7.46. The lowest BCUT2D eigenvalue weighted by Gasteiger charge is -2.39. The van der Waals surface area contributed by atoms with Gasteiger partial charge < -0.3 is 10.5 Å². The summed E-state index contributed by atoms with van der Waals surface area (Å²) in [6, 6.07) is 0. The maximum atomic E-state index is 6.01. The van der Waals surface area contributed by atoms with Crippen molar-refractivity contribution in [2.75, 3.05) is 33.4 Å². The third-order valence-corrected chi connectivity index (χ3v) is 4.04. The molecule has 1 fully saturated rings. The second-order valence-corrected chi connectivity index (χ2v) is 5.89. The van der Waals surface area contributed by atoms with E-state index in [4.69, 9.17) is 10.5 Å². The lowest BCUT2D eigenvalue weighted by Crippen LogP contribution is -2.51. The summed E-state index contributed by atoms with van der Waals surface area (Å²) in [4.78, 5) is 2.41. The summed E-state index contributed by atoms with van der Waals surface area (Å²) >= 11 is 0. The Balaban J connectivity index is 2.53. The van der Waals surface area contributed by atoms with E-state index in [9.17, 15) is 0 Å². The van der Waals surface area contributed by atoms with E-state index in [0.29, 0.717) is 5.41 Å². The molecule has 1 atom stereocenters. The molecule has 0 saturated heterocycles. The van der Waals surface area contributed by atoms with Crippen molar-refractivity contribution in [3.05, 3.63) is 0 Å². The largest absolute Gasteiger partial charge is 0.380 e. The quantitative estimate of drug-likeness (QED) is 0.705. The third-order valence-electron chi connectivity index (χ3n) is 4.04. The molecule has 0 aromatic rings. The zero-order chi connectivity index (χ0) is 12.2. The Hall–Kier alpha value is -0.120. The van der Waals surface area contributed by atoms with Gasteiger partial charge >= 0.3 is 0 Å². The van der Waals surface area contributed by atoms with Crippen LogP contribution >= 0.6 is 0 Å². The molecule has 0 bridgehead atoms. The van der Waals surface area contributed by atoms with Crippen LogP contribution in [0, 0.1) is 5.41 Å². The summed E-state index contributed by atoms with van der Waals surface area (Å²) in [5.41, 5.74) is 6.67. The SMILES string of the molecule is CCOCCN(C)C1(CN)CCC(C)(C)C1. The van der Waals surface area contributed by atoms with Crippen LogP contribution in [-0.2, 0) is 4.74 Å². The van der Waals surface area contributed by atoms with Crippen LogP contribution in [0.25, 0.3) is 0 Å². The fourth-order valence-corrected chi connectivity index (χ4v) is 2.88. The number of ether oxygens (including phenoxy) is 1. The zero-order valence-corrected chi connectivity index (χ0v) is 11.4. The zero-order valence-electron chi connectivity index (χ0n) is 11.4. The molecule has 3 heteroatoms. The van der Waals surface area contributed by atoms with E-state index in [-0.39, 0.29) is 5.54 Å². The summed E-state index contributed by atoms with van der Waals surface area (Å²) in [7, 11) is 2.19. The van der Waals surface area contributed by atoms with E-state index < -0.39 is 0 Å². The highest BCUT2D eigenvalue weighted by molar-refractivity contribution is 5.01. The Morgan fingerprint density at radius 3 is 2.44 bits per heavy atom. The average Bonchev–Trinajstić information content (AvgIpc) is 2.56. The summed E-state index contributed by atoms with van der Waals surface area (Å²) < 4.78 is 5.42. The Kier molecular flexibility index (Phi) is 4.77. The van der Waals surface area contributed by atoms with Gasteiger partial charge in [-0.25, -0.2) is 0 Å². The Morgan fingerprint density at radius 1 is 1.31 bits per heavy atom. The van der Waals surface area contributed by atoms with Gasteiger partial charge in [-0.15, -0.1) is 0 Å². The third kappa shape index (κ3) is 3.19. The average molecular weight is 228 g/mol. The lowest BCUT2D eigenvalue weighted by molar-refractivity contribution is 0.0651. The van der Waals surface area contributed by atoms with Crippen LogP contribution in [0.5, 0.6) is 0 Å². The fourth-order valence-electron chi connectivity index (χ4n) is 2.88. The lowest BCUT2D eigenvalue weighted by atomic mass is 9.87. The van der Waals surface area contributed by atoms with Crippen molar-refractivity contribution in [2.24, 2.45) is 11.1 Å². The molecule has 3 nitrogen and oxygen atoms in total. The van der Waals surface area contributed by atoms with Crippen molar-refractivity contribution in [3.63, 3.8) is 0 Å². The van der Waals surface area contributed by atoms with Crippen molar-refractivity contribution in [1.29, 1.82) is 0 Å². The van der Waals surface area contributed by atoms with Gasteiger partial charge in [0.25, 0.3) is 0 Å². The Labute approximate surface area is 100 Å². The van der Waals surface area contributed by atoms with Crippen LogP contribution in [0.2, 0.25) is 0 Å². The van der Waals surface area contributed by atoms with E-state index in [1.165, 1.54) is 19.3 Å². The van der Waals surface area contributed by atoms with Crippen molar-refractivity contribution in [1.82, 2.24) is 4.90 Å². The smallest absolute Gasteiger partial charge is 0.0593 e. The fraction of sp³-hybridized carbons (Fsp3) is 1.00. The van der Waals surface area contributed by atoms with Gasteiger partial charge in [0, 0.05) is 25.2 Å². The van der Waals surface area contributed by atoms with Gasteiger partial charge in [0.15, 0.2) is 0 Å². The number of nitrogens with two attached hydrogens (primary N) is 1. The normalized spacial score (nSPS) is 28.9. The first kappa shape index (κ1) is 13.9. The molecule has 16 heavy (non-hydrogen) atoms. The molecular formula is C13H28N2O. The number of hydrogen-bond acceptors (Lipinski definition) is 3. The minimum absolute atomic E-state index is 0.209. The standard InChI is InChI=1S/C13H28N2O/c1-5-16-9-8-15(4)13(11-14)7-6-12(2,3)10-13/h5-11,14H2,1-4H3. The molecule has 1 rings (SSSR count). The molecule has 1 saturated carbocycles. The minimum atomic E-state index is 0.209. The van der Waals surface area contributed by atoms with E-state index in [2.05, 4.69) is 25.8 Å². The van der Waals surface area contributed by atoms with Crippen LogP contribution in [0.1, 0.15) is 40.0 Å².